The fraction of sp³-hybridized carbons (Fsp3) is 0.167. The van der Waals surface area contributed by atoms with Gasteiger partial charge in [0.2, 0.25) is 0 Å². The largest absolute Gasteiger partial charge is 0.322 e. The number of nitrogens with one attached hydrogen (secondary N) is 1. The molecule has 5 nitrogen and oxygen atoms in total. The average Bonchev–Trinajstić information content (AvgIpc) is 2.97. The molecule has 0 bridgehead atoms. The molecule has 3 aromatic rings. The van der Waals surface area contributed by atoms with Gasteiger partial charge in [0, 0.05) is 18.3 Å². The topological polar surface area (TPSA) is 59.8 Å². The van der Waals surface area contributed by atoms with Gasteiger partial charge >= 0.3 is 0 Å². The zero-order chi connectivity index (χ0) is 17.8. The summed E-state index contributed by atoms with van der Waals surface area (Å²) in [5.74, 6) is 1.44. The van der Waals surface area contributed by atoms with E-state index >= 15 is 0 Å². The van der Waals surface area contributed by atoms with Gasteiger partial charge < -0.3 is 9.88 Å². The molecular formula is C18H17ClN4OS. The Bertz CT molecular complexity index is 910. The molecule has 0 saturated heterocycles. The predicted molar refractivity (Wildman–Crippen MR) is 102 cm³/mol. The van der Waals surface area contributed by atoms with Crippen molar-refractivity contribution in [3.63, 3.8) is 0 Å². The Morgan fingerprint density at radius 2 is 2.00 bits per heavy atom. The van der Waals surface area contributed by atoms with Crippen LogP contribution in [0.5, 0.6) is 0 Å². The highest BCUT2D eigenvalue weighted by Gasteiger charge is 2.13. The van der Waals surface area contributed by atoms with Crippen molar-refractivity contribution in [3.8, 4) is 11.4 Å². The first-order chi connectivity index (χ1) is 12.1. The number of benzene rings is 2. The lowest BCUT2D eigenvalue weighted by atomic mass is 10.1. The summed E-state index contributed by atoms with van der Waals surface area (Å²) in [4.78, 5) is 12.4. The molecule has 0 aliphatic heterocycles. The Labute approximate surface area is 155 Å². The van der Waals surface area contributed by atoms with Gasteiger partial charge in [-0.1, -0.05) is 54.6 Å². The molecule has 1 heterocycles. The lowest BCUT2D eigenvalue weighted by Crippen LogP contribution is -2.12. The highest BCUT2D eigenvalue weighted by molar-refractivity contribution is 7.99. The number of carbonyl (C=O) groups is 1. The lowest BCUT2D eigenvalue weighted by Gasteiger charge is -2.08. The van der Waals surface area contributed by atoms with E-state index in [-0.39, 0.29) is 5.91 Å². The summed E-state index contributed by atoms with van der Waals surface area (Å²) >= 11 is 7.72. The molecule has 2 aromatic carbocycles. The molecule has 25 heavy (non-hydrogen) atoms. The molecule has 7 heteroatoms. The quantitative estimate of drug-likeness (QED) is 0.670. The molecule has 0 saturated carbocycles. The van der Waals surface area contributed by atoms with Gasteiger partial charge in [-0.05, 0) is 30.0 Å². The molecule has 0 fully saturated rings. The Kier molecular flexibility index (Phi) is 5.40. The van der Waals surface area contributed by atoms with Gasteiger partial charge in [0.1, 0.15) is 0 Å². The van der Waals surface area contributed by atoms with Crippen LogP contribution in [-0.4, -0.2) is 26.4 Å². The van der Waals surface area contributed by atoms with E-state index in [0.717, 1.165) is 22.3 Å². The third-order valence-corrected chi connectivity index (χ3v) is 4.84. The SMILES string of the molecule is CCSc1nnc(-c2cccc(NC(=O)c3ccccc3Cl)c2)n1C. The molecule has 0 atom stereocenters. The fourth-order valence-corrected chi connectivity index (χ4v) is 3.26. The number of carbonyl (C=O) groups excluding carboxylic acids is 1. The van der Waals surface area contributed by atoms with Crippen LogP contribution in [-0.2, 0) is 7.05 Å². The number of rotatable bonds is 5. The van der Waals surface area contributed by atoms with E-state index in [0.29, 0.717) is 16.3 Å². The first-order valence-electron chi connectivity index (χ1n) is 7.78. The molecule has 0 unspecified atom stereocenters. The summed E-state index contributed by atoms with van der Waals surface area (Å²) < 4.78 is 1.95. The summed E-state index contributed by atoms with van der Waals surface area (Å²) in [5.41, 5.74) is 2.00. The molecular weight excluding hydrogens is 356 g/mol. The Morgan fingerprint density at radius 3 is 2.76 bits per heavy atom. The zero-order valence-corrected chi connectivity index (χ0v) is 15.4. The van der Waals surface area contributed by atoms with Crippen LogP contribution in [0, 0.1) is 0 Å². The smallest absolute Gasteiger partial charge is 0.257 e. The van der Waals surface area contributed by atoms with E-state index in [1.807, 2.05) is 35.9 Å². The standard InChI is InChI=1S/C18H17ClN4OS/c1-3-25-18-22-21-16(23(18)2)12-7-6-8-13(11-12)20-17(24)14-9-4-5-10-15(14)19/h4-11H,3H2,1-2H3,(H,20,24). The predicted octanol–water partition coefficient (Wildman–Crippen LogP) is 4.50. The summed E-state index contributed by atoms with van der Waals surface area (Å²) in [5, 5.41) is 12.6. The maximum Gasteiger partial charge on any atom is 0.257 e. The van der Waals surface area contributed by atoms with Gasteiger partial charge in [-0.2, -0.15) is 0 Å². The molecule has 0 spiro atoms. The Balaban J connectivity index is 1.85. The number of amides is 1. The summed E-state index contributed by atoms with van der Waals surface area (Å²) in [6.45, 7) is 2.07. The molecule has 1 N–H and O–H groups in total. The minimum absolute atomic E-state index is 0.247. The van der Waals surface area contributed by atoms with Crippen molar-refractivity contribution < 1.29 is 4.79 Å². The van der Waals surface area contributed by atoms with Gasteiger partial charge in [0.25, 0.3) is 5.91 Å². The van der Waals surface area contributed by atoms with Gasteiger partial charge in [-0.25, -0.2) is 0 Å². The average molecular weight is 373 g/mol. The third-order valence-electron chi connectivity index (χ3n) is 3.61. The number of hydrogen-bond donors (Lipinski definition) is 1. The molecule has 1 aromatic heterocycles. The van der Waals surface area contributed by atoms with Crippen LogP contribution in [0.3, 0.4) is 0 Å². The second-order valence-electron chi connectivity index (χ2n) is 5.31. The van der Waals surface area contributed by atoms with Crippen LogP contribution in [0.25, 0.3) is 11.4 Å². The second-order valence-corrected chi connectivity index (χ2v) is 6.95. The Hall–Kier alpha value is -2.31. The highest BCUT2D eigenvalue weighted by atomic mass is 35.5. The first-order valence-corrected chi connectivity index (χ1v) is 9.15. The zero-order valence-electron chi connectivity index (χ0n) is 13.9. The maximum atomic E-state index is 12.4. The number of aromatic nitrogens is 3. The van der Waals surface area contributed by atoms with Crippen LogP contribution in [0.1, 0.15) is 17.3 Å². The second kappa shape index (κ2) is 7.72. The molecule has 1 amide bonds. The van der Waals surface area contributed by atoms with E-state index in [1.165, 1.54) is 0 Å². The molecule has 128 valence electrons. The fourth-order valence-electron chi connectivity index (χ4n) is 2.40. The number of anilines is 1. The highest BCUT2D eigenvalue weighted by Crippen LogP contribution is 2.25. The van der Waals surface area contributed by atoms with Crippen molar-refractivity contribution >= 4 is 35.0 Å². The van der Waals surface area contributed by atoms with Crippen LogP contribution in [0.4, 0.5) is 5.69 Å². The van der Waals surface area contributed by atoms with Gasteiger partial charge in [0.15, 0.2) is 11.0 Å². The number of thioether (sulfide) groups is 1. The van der Waals surface area contributed by atoms with Crippen molar-refractivity contribution in [2.75, 3.05) is 11.1 Å². The summed E-state index contributed by atoms with van der Waals surface area (Å²) in [6.07, 6.45) is 0. The van der Waals surface area contributed by atoms with Gasteiger partial charge in [-0.3, -0.25) is 4.79 Å². The third kappa shape index (κ3) is 3.86. The van der Waals surface area contributed by atoms with Crippen molar-refractivity contribution in [2.45, 2.75) is 12.1 Å². The monoisotopic (exact) mass is 372 g/mol. The number of halogens is 1. The van der Waals surface area contributed by atoms with Crippen molar-refractivity contribution in [1.82, 2.24) is 14.8 Å². The molecule has 0 aliphatic carbocycles. The van der Waals surface area contributed by atoms with Crippen molar-refractivity contribution in [1.29, 1.82) is 0 Å². The maximum absolute atomic E-state index is 12.4. The number of nitrogens with zero attached hydrogens (tertiary/aromatic N) is 3. The lowest BCUT2D eigenvalue weighted by molar-refractivity contribution is 0.102. The van der Waals surface area contributed by atoms with Crippen LogP contribution in [0.15, 0.2) is 53.7 Å². The normalized spacial score (nSPS) is 10.7. The van der Waals surface area contributed by atoms with E-state index in [2.05, 4.69) is 22.4 Å². The van der Waals surface area contributed by atoms with Crippen LogP contribution < -0.4 is 5.32 Å². The first kappa shape index (κ1) is 17.5. The minimum atomic E-state index is -0.247. The van der Waals surface area contributed by atoms with Gasteiger partial charge in [-0.15, -0.1) is 10.2 Å². The molecule has 3 rings (SSSR count). The number of hydrogen-bond acceptors (Lipinski definition) is 4. The van der Waals surface area contributed by atoms with Crippen molar-refractivity contribution in [2.24, 2.45) is 7.05 Å². The van der Waals surface area contributed by atoms with E-state index in [4.69, 9.17) is 11.6 Å². The molecule has 0 aliphatic rings. The van der Waals surface area contributed by atoms with Crippen LogP contribution in [0.2, 0.25) is 5.02 Å². The van der Waals surface area contributed by atoms with Gasteiger partial charge in [0.05, 0.1) is 10.6 Å². The minimum Gasteiger partial charge on any atom is -0.322 e. The summed E-state index contributed by atoms with van der Waals surface area (Å²) in [7, 11) is 1.93. The van der Waals surface area contributed by atoms with E-state index < -0.39 is 0 Å². The summed E-state index contributed by atoms with van der Waals surface area (Å²) in [6, 6.07) is 14.5. The van der Waals surface area contributed by atoms with E-state index in [9.17, 15) is 4.79 Å². The Morgan fingerprint density at radius 1 is 1.20 bits per heavy atom. The van der Waals surface area contributed by atoms with Crippen molar-refractivity contribution in [3.05, 3.63) is 59.1 Å². The van der Waals surface area contributed by atoms with E-state index in [1.54, 1.807) is 36.0 Å². The molecule has 0 radical (unpaired) electrons. The van der Waals surface area contributed by atoms with Crippen LogP contribution >= 0.6 is 23.4 Å².